The standard InChI is InChI=1S/C4H11N.C2H5O2P/c1-3-5-4-2;1-2(3)4-5/h5H,3-4H2,1-2H3;5H2,1H3. The van der Waals surface area contributed by atoms with Crippen molar-refractivity contribution in [3.63, 3.8) is 0 Å². The lowest BCUT2D eigenvalue weighted by Crippen LogP contribution is -2.09. The van der Waals surface area contributed by atoms with Gasteiger partial charge in [-0.1, -0.05) is 13.8 Å². The number of nitrogens with one attached hydrogen (secondary N) is 1. The van der Waals surface area contributed by atoms with E-state index in [1.807, 2.05) is 9.47 Å². The van der Waals surface area contributed by atoms with Crippen molar-refractivity contribution >= 4 is 15.4 Å². The zero-order valence-corrected chi connectivity index (χ0v) is 7.96. The first kappa shape index (κ1) is 12.5. The van der Waals surface area contributed by atoms with Crippen LogP contribution in [-0.2, 0) is 9.32 Å². The van der Waals surface area contributed by atoms with Crippen LogP contribution in [0, 0.1) is 0 Å². The van der Waals surface area contributed by atoms with Gasteiger partial charge in [-0.3, -0.25) is 4.79 Å². The number of carbonyl (C=O) groups excluding carboxylic acids is 1. The Balaban J connectivity index is 0. The Labute approximate surface area is 64.8 Å². The number of rotatable bonds is 2. The van der Waals surface area contributed by atoms with Crippen molar-refractivity contribution in [2.75, 3.05) is 13.1 Å². The van der Waals surface area contributed by atoms with Crippen molar-refractivity contribution in [1.29, 1.82) is 0 Å². The minimum Gasteiger partial charge on any atom is -0.452 e. The van der Waals surface area contributed by atoms with Gasteiger partial charge in [-0.2, -0.15) is 0 Å². The Hall–Kier alpha value is -0.140. The predicted molar refractivity (Wildman–Crippen MR) is 45.7 cm³/mol. The SMILES string of the molecule is CC(=O)OP.CCNCC. The second-order valence-corrected chi connectivity index (χ2v) is 1.80. The zero-order chi connectivity index (χ0) is 8.41. The minimum atomic E-state index is -0.282. The van der Waals surface area contributed by atoms with Gasteiger partial charge in [0, 0.05) is 6.92 Å². The normalized spacial score (nSPS) is 7.60. The largest absolute Gasteiger partial charge is 0.452 e. The van der Waals surface area contributed by atoms with Gasteiger partial charge in [0.1, 0.15) is 0 Å². The lowest BCUT2D eigenvalue weighted by atomic mass is 10.7. The molecule has 0 spiro atoms. The van der Waals surface area contributed by atoms with Crippen LogP contribution in [0.5, 0.6) is 0 Å². The smallest absolute Gasteiger partial charge is 0.304 e. The molecular weight excluding hydrogens is 149 g/mol. The van der Waals surface area contributed by atoms with E-state index < -0.39 is 0 Å². The Bertz CT molecular complexity index is 76.1. The van der Waals surface area contributed by atoms with Gasteiger partial charge in [-0.25, -0.2) is 0 Å². The van der Waals surface area contributed by atoms with E-state index in [0.29, 0.717) is 0 Å². The van der Waals surface area contributed by atoms with E-state index in [-0.39, 0.29) is 5.97 Å². The molecule has 0 heterocycles. The van der Waals surface area contributed by atoms with Crippen LogP contribution in [0.15, 0.2) is 0 Å². The Kier molecular flexibility index (Phi) is 14.6. The first-order valence-electron chi connectivity index (χ1n) is 3.27. The van der Waals surface area contributed by atoms with Crippen LogP contribution >= 0.6 is 9.47 Å². The minimum absolute atomic E-state index is 0.282. The molecule has 62 valence electrons. The second-order valence-electron chi connectivity index (χ2n) is 1.57. The molecule has 1 unspecified atom stereocenters. The van der Waals surface area contributed by atoms with Crippen LogP contribution in [0.1, 0.15) is 20.8 Å². The number of hydrogen-bond acceptors (Lipinski definition) is 3. The molecule has 0 aliphatic heterocycles. The summed E-state index contributed by atoms with van der Waals surface area (Å²) in [5, 5.41) is 3.11. The molecule has 0 amide bonds. The fourth-order valence-corrected chi connectivity index (χ4v) is 0.250. The maximum Gasteiger partial charge on any atom is 0.304 e. The van der Waals surface area contributed by atoms with Gasteiger partial charge in [0.25, 0.3) is 0 Å². The third-order valence-electron chi connectivity index (χ3n) is 0.666. The topological polar surface area (TPSA) is 38.3 Å². The highest BCUT2D eigenvalue weighted by atomic mass is 31.0. The van der Waals surface area contributed by atoms with E-state index in [1.54, 1.807) is 0 Å². The van der Waals surface area contributed by atoms with E-state index in [9.17, 15) is 4.79 Å². The van der Waals surface area contributed by atoms with Crippen molar-refractivity contribution in [2.45, 2.75) is 20.8 Å². The summed E-state index contributed by atoms with van der Waals surface area (Å²) in [6.45, 7) is 7.73. The lowest BCUT2D eigenvalue weighted by molar-refractivity contribution is -0.130. The zero-order valence-electron chi connectivity index (χ0n) is 6.81. The molecule has 0 aliphatic carbocycles. The van der Waals surface area contributed by atoms with Gasteiger partial charge in [-0.15, -0.1) is 0 Å². The average Bonchev–Trinajstić information content (AvgIpc) is 1.91. The van der Waals surface area contributed by atoms with Gasteiger partial charge in [0.05, 0.1) is 9.47 Å². The number of hydrogen-bond donors (Lipinski definition) is 1. The molecule has 0 radical (unpaired) electrons. The lowest BCUT2D eigenvalue weighted by Gasteiger charge is -1.86. The molecule has 0 saturated carbocycles. The fourth-order valence-electron chi connectivity index (χ4n) is 0.250. The maximum atomic E-state index is 9.57. The quantitative estimate of drug-likeness (QED) is 0.619. The fraction of sp³-hybridized carbons (Fsp3) is 0.833. The van der Waals surface area contributed by atoms with E-state index >= 15 is 0 Å². The van der Waals surface area contributed by atoms with Crippen LogP contribution in [0.3, 0.4) is 0 Å². The molecule has 10 heavy (non-hydrogen) atoms. The van der Waals surface area contributed by atoms with Crippen LogP contribution < -0.4 is 5.32 Å². The summed E-state index contributed by atoms with van der Waals surface area (Å²) in [6.07, 6.45) is 0. The number of carbonyl (C=O) groups is 1. The van der Waals surface area contributed by atoms with E-state index in [2.05, 4.69) is 23.7 Å². The Morgan fingerprint density at radius 2 is 1.80 bits per heavy atom. The molecule has 0 rings (SSSR count). The van der Waals surface area contributed by atoms with E-state index in [0.717, 1.165) is 13.1 Å². The summed E-state index contributed by atoms with van der Waals surface area (Å²) >= 11 is 0. The maximum absolute atomic E-state index is 9.57. The average molecular weight is 165 g/mol. The summed E-state index contributed by atoms with van der Waals surface area (Å²) < 4.78 is 4.03. The van der Waals surface area contributed by atoms with Crippen molar-refractivity contribution in [3.05, 3.63) is 0 Å². The molecule has 0 aromatic carbocycles. The molecular formula is C6H16NO2P. The third kappa shape index (κ3) is 24.8. The van der Waals surface area contributed by atoms with Crippen molar-refractivity contribution in [1.82, 2.24) is 5.32 Å². The van der Waals surface area contributed by atoms with Crippen LogP contribution in [0.2, 0.25) is 0 Å². The molecule has 0 aromatic heterocycles. The third-order valence-corrected chi connectivity index (χ3v) is 0.998. The van der Waals surface area contributed by atoms with Gasteiger partial charge in [0.2, 0.25) is 0 Å². The van der Waals surface area contributed by atoms with E-state index in [1.165, 1.54) is 6.92 Å². The summed E-state index contributed by atoms with van der Waals surface area (Å²) in [6, 6.07) is 0. The predicted octanol–water partition coefficient (Wildman–Crippen LogP) is 0.955. The van der Waals surface area contributed by atoms with Gasteiger partial charge in [0.15, 0.2) is 0 Å². The summed E-state index contributed by atoms with van der Waals surface area (Å²) in [7, 11) is 1.84. The highest BCUT2D eigenvalue weighted by Crippen LogP contribution is 1.81. The van der Waals surface area contributed by atoms with Gasteiger partial charge >= 0.3 is 5.97 Å². The molecule has 0 bridgehead atoms. The first-order valence-corrected chi connectivity index (χ1v) is 3.74. The van der Waals surface area contributed by atoms with Crippen LogP contribution in [0.25, 0.3) is 0 Å². The van der Waals surface area contributed by atoms with Crippen LogP contribution in [0.4, 0.5) is 0 Å². The monoisotopic (exact) mass is 165 g/mol. The molecule has 3 nitrogen and oxygen atoms in total. The molecule has 0 aliphatic rings. The molecule has 0 fully saturated rings. The second kappa shape index (κ2) is 11.6. The van der Waals surface area contributed by atoms with Crippen molar-refractivity contribution < 1.29 is 9.32 Å². The summed E-state index contributed by atoms with van der Waals surface area (Å²) in [5.41, 5.74) is 0. The van der Waals surface area contributed by atoms with E-state index in [4.69, 9.17) is 0 Å². The van der Waals surface area contributed by atoms with Crippen LogP contribution in [-0.4, -0.2) is 19.1 Å². The first-order chi connectivity index (χ1) is 4.68. The summed E-state index contributed by atoms with van der Waals surface area (Å²) in [5.74, 6) is -0.282. The summed E-state index contributed by atoms with van der Waals surface area (Å²) in [4.78, 5) is 9.57. The molecule has 1 N–H and O–H groups in total. The van der Waals surface area contributed by atoms with Crippen molar-refractivity contribution in [2.24, 2.45) is 0 Å². The Morgan fingerprint density at radius 1 is 1.50 bits per heavy atom. The molecule has 0 aromatic rings. The molecule has 0 saturated heterocycles. The molecule has 1 atom stereocenters. The molecule has 4 heteroatoms. The highest BCUT2D eigenvalue weighted by molar-refractivity contribution is 7.10. The highest BCUT2D eigenvalue weighted by Gasteiger charge is 1.76. The van der Waals surface area contributed by atoms with Gasteiger partial charge < -0.3 is 9.84 Å². The Morgan fingerprint density at radius 3 is 1.80 bits per heavy atom. The van der Waals surface area contributed by atoms with Gasteiger partial charge in [-0.05, 0) is 13.1 Å². The van der Waals surface area contributed by atoms with Crippen molar-refractivity contribution in [3.8, 4) is 0 Å².